The fourth-order valence-electron chi connectivity index (χ4n) is 8.56. The van der Waals surface area contributed by atoms with Crippen LogP contribution in [-0.2, 0) is 28.6 Å². The van der Waals surface area contributed by atoms with Gasteiger partial charge >= 0.3 is 12.1 Å². The van der Waals surface area contributed by atoms with E-state index in [4.69, 9.17) is 18.9 Å². The molecule has 5 atom stereocenters. The second-order valence-corrected chi connectivity index (χ2v) is 13.5. The molecular formula is C38H37F3N4O7. The summed E-state index contributed by atoms with van der Waals surface area (Å²) in [5.41, 5.74) is 3.50. The highest BCUT2D eigenvalue weighted by atomic mass is 19.4. The van der Waals surface area contributed by atoms with Gasteiger partial charge in [0.25, 0.3) is 0 Å². The summed E-state index contributed by atoms with van der Waals surface area (Å²) in [5, 5.41) is 25.4. The fourth-order valence-corrected chi connectivity index (χ4v) is 8.56. The van der Waals surface area contributed by atoms with Crippen molar-refractivity contribution in [2.75, 3.05) is 27.5 Å². The van der Waals surface area contributed by atoms with Crippen LogP contribution in [-0.4, -0.2) is 72.4 Å². The van der Waals surface area contributed by atoms with Gasteiger partial charge in [-0.15, -0.1) is 0 Å². The van der Waals surface area contributed by atoms with Gasteiger partial charge < -0.3 is 29.4 Å². The molecule has 1 fully saturated rings. The van der Waals surface area contributed by atoms with Crippen molar-refractivity contribution >= 4 is 18.0 Å². The Morgan fingerprint density at radius 2 is 1.87 bits per heavy atom. The van der Waals surface area contributed by atoms with Gasteiger partial charge in [0.2, 0.25) is 12.7 Å². The van der Waals surface area contributed by atoms with Crippen LogP contribution in [0.25, 0.3) is 6.08 Å². The highest BCUT2D eigenvalue weighted by molar-refractivity contribution is 5.91. The zero-order valence-corrected chi connectivity index (χ0v) is 29.1. The average molecular weight is 719 g/mol. The number of ether oxygens (including phenoxy) is 4. The summed E-state index contributed by atoms with van der Waals surface area (Å²) in [7, 11) is 3.42. The van der Waals surface area contributed by atoms with Gasteiger partial charge in [0.1, 0.15) is 11.8 Å². The standard InChI is InChI=1S/C38H37F3N4O7/c1-18-11-22-13-25-27(15-42)45-26(32(44(25)4)30(22)33(48)34(18)49-5)14-24-31(37-36(50-17-51-37)19(2)35(24)52-20(3)46)28(45)16-43-29(47)10-9-21-7-6-8-23(12-21)38(39,40)41/h6-12,25-28,32,48H,13-14,16-17H2,1-5H3,(H,43,47)/b10-9+/t25?,26?,27-,28?,32?/m0/s1. The zero-order valence-electron chi connectivity index (χ0n) is 29.1. The number of aromatic hydroxyl groups is 1. The summed E-state index contributed by atoms with van der Waals surface area (Å²) in [6.45, 7) is 4.78. The van der Waals surface area contributed by atoms with Crippen molar-refractivity contribution in [3.8, 4) is 34.8 Å². The normalized spacial score (nSPS) is 23.3. The Kier molecular flexibility index (Phi) is 8.83. The van der Waals surface area contributed by atoms with Crippen molar-refractivity contribution in [3.63, 3.8) is 0 Å². The molecule has 14 heteroatoms. The van der Waals surface area contributed by atoms with Crippen LogP contribution < -0.4 is 24.3 Å². The summed E-state index contributed by atoms with van der Waals surface area (Å²) in [4.78, 5) is 30.0. The number of carbonyl (C=O) groups is 2. The van der Waals surface area contributed by atoms with E-state index in [9.17, 15) is 33.1 Å². The summed E-state index contributed by atoms with van der Waals surface area (Å²) >= 11 is 0. The Labute approximate surface area is 298 Å². The number of aryl methyl sites for hydroxylation is 1. The lowest BCUT2D eigenvalue weighted by Gasteiger charge is -2.60. The fraction of sp³-hybridized carbons (Fsp3) is 0.395. The third-order valence-corrected chi connectivity index (χ3v) is 10.6. The van der Waals surface area contributed by atoms with Crippen LogP contribution in [0.15, 0.2) is 36.4 Å². The SMILES string of the molecule is COc1c(C)cc2c(c1O)C1C3Cc4c(OC(C)=O)c(C)c5c(c4C(CNC(=O)/C=C/c4cccc(C(F)(F)F)c4)N3[C@@H](C#N)C(C2)N1C)OCO5. The number of rotatable bonds is 6. The lowest BCUT2D eigenvalue weighted by atomic mass is 9.71. The average Bonchev–Trinajstić information content (AvgIpc) is 3.58. The number of likely N-dealkylation sites (N-methyl/N-ethyl adjacent to an activating group) is 1. The number of phenolic OH excluding ortho intramolecular Hbond substituents is 1. The molecule has 0 aromatic heterocycles. The molecule has 3 aromatic carbocycles. The van der Waals surface area contributed by atoms with E-state index in [0.29, 0.717) is 51.7 Å². The van der Waals surface area contributed by atoms with Crippen LogP contribution in [0.4, 0.5) is 13.2 Å². The Morgan fingerprint density at radius 3 is 2.56 bits per heavy atom. The van der Waals surface area contributed by atoms with Gasteiger partial charge in [-0.3, -0.25) is 19.4 Å². The molecule has 3 aromatic rings. The topological polar surface area (TPSA) is 134 Å². The highest BCUT2D eigenvalue weighted by Crippen LogP contribution is 2.58. The molecule has 4 aliphatic heterocycles. The van der Waals surface area contributed by atoms with Crippen LogP contribution in [0.5, 0.6) is 28.7 Å². The third-order valence-electron chi connectivity index (χ3n) is 10.6. The minimum Gasteiger partial charge on any atom is -0.504 e. The molecule has 52 heavy (non-hydrogen) atoms. The zero-order chi connectivity index (χ0) is 37.2. The van der Waals surface area contributed by atoms with Crippen LogP contribution in [0.2, 0.25) is 0 Å². The number of carbonyl (C=O) groups excluding carboxylic acids is 2. The molecule has 2 N–H and O–H groups in total. The number of nitriles is 1. The number of halogens is 3. The lowest BCUT2D eigenvalue weighted by Crippen LogP contribution is -2.68. The first-order valence-electron chi connectivity index (χ1n) is 16.8. The van der Waals surface area contributed by atoms with E-state index in [0.717, 1.165) is 29.3 Å². The van der Waals surface area contributed by atoms with Gasteiger partial charge in [-0.1, -0.05) is 18.2 Å². The van der Waals surface area contributed by atoms with Crippen LogP contribution >= 0.6 is 0 Å². The van der Waals surface area contributed by atoms with E-state index < -0.39 is 47.8 Å². The summed E-state index contributed by atoms with van der Waals surface area (Å²) < 4.78 is 63.3. The molecule has 0 radical (unpaired) electrons. The molecule has 0 spiro atoms. The number of nitrogens with zero attached hydrogens (tertiary/aromatic N) is 3. The lowest BCUT2D eigenvalue weighted by molar-refractivity contribution is -0.137. The first kappa shape index (κ1) is 35.2. The molecule has 2 bridgehead atoms. The smallest absolute Gasteiger partial charge is 0.416 e. The van der Waals surface area contributed by atoms with Gasteiger partial charge in [0.15, 0.2) is 23.0 Å². The maximum absolute atomic E-state index is 13.3. The number of esters is 1. The molecule has 4 unspecified atom stereocenters. The third kappa shape index (κ3) is 5.68. The quantitative estimate of drug-likeness (QED) is 0.197. The number of amides is 1. The van der Waals surface area contributed by atoms with Gasteiger partial charge in [0, 0.05) is 53.9 Å². The van der Waals surface area contributed by atoms with Crippen molar-refractivity contribution in [2.24, 2.45) is 0 Å². The Balaban J connectivity index is 1.35. The molecule has 4 aliphatic rings. The minimum atomic E-state index is -4.54. The number of nitrogens with one attached hydrogen (secondary N) is 1. The largest absolute Gasteiger partial charge is 0.504 e. The van der Waals surface area contributed by atoms with Crippen molar-refractivity contribution in [3.05, 3.63) is 80.9 Å². The molecule has 0 aliphatic carbocycles. The Hall–Kier alpha value is -5.26. The number of hydrogen-bond acceptors (Lipinski definition) is 10. The highest BCUT2D eigenvalue weighted by Gasteiger charge is 2.57. The number of benzene rings is 3. The number of alkyl halides is 3. The van der Waals surface area contributed by atoms with E-state index in [2.05, 4.69) is 21.2 Å². The summed E-state index contributed by atoms with van der Waals surface area (Å²) in [6, 6.07) is 6.51. The number of fused-ring (bicyclic) bond motifs is 9. The van der Waals surface area contributed by atoms with Crippen molar-refractivity contribution in [2.45, 2.75) is 70.0 Å². The summed E-state index contributed by atoms with van der Waals surface area (Å²) in [6.07, 6.45) is -1.34. The molecule has 0 saturated carbocycles. The second-order valence-electron chi connectivity index (χ2n) is 13.5. The van der Waals surface area contributed by atoms with Gasteiger partial charge in [-0.25, -0.2) is 0 Å². The molecule has 11 nitrogen and oxygen atoms in total. The molecule has 7 rings (SSSR count). The van der Waals surface area contributed by atoms with E-state index in [1.54, 1.807) is 6.92 Å². The molecular weight excluding hydrogens is 681 g/mol. The van der Waals surface area contributed by atoms with Crippen LogP contribution in [0, 0.1) is 25.2 Å². The van der Waals surface area contributed by atoms with E-state index >= 15 is 0 Å². The summed E-state index contributed by atoms with van der Waals surface area (Å²) in [5.74, 6) is 0.350. The first-order chi connectivity index (χ1) is 24.7. The van der Waals surface area contributed by atoms with Crippen molar-refractivity contribution < 1.29 is 46.8 Å². The number of piperazine rings is 1. The number of hydrogen-bond donors (Lipinski definition) is 2. The maximum atomic E-state index is 13.3. The second kappa shape index (κ2) is 13.1. The van der Waals surface area contributed by atoms with Crippen LogP contribution in [0.3, 0.4) is 0 Å². The van der Waals surface area contributed by atoms with Gasteiger partial charge in [0.05, 0.1) is 30.8 Å². The maximum Gasteiger partial charge on any atom is 0.416 e. The Bertz CT molecular complexity index is 2060. The first-order valence-corrected chi connectivity index (χ1v) is 16.8. The molecule has 1 amide bonds. The predicted molar refractivity (Wildman–Crippen MR) is 181 cm³/mol. The van der Waals surface area contributed by atoms with Crippen molar-refractivity contribution in [1.29, 1.82) is 5.26 Å². The van der Waals surface area contributed by atoms with Gasteiger partial charge in [-0.05, 0) is 68.6 Å². The van der Waals surface area contributed by atoms with E-state index in [-0.39, 0.29) is 37.1 Å². The molecule has 4 heterocycles. The monoisotopic (exact) mass is 718 g/mol. The molecule has 272 valence electrons. The predicted octanol–water partition coefficient (Wildman–Crippen LogP) is 5.29. The van der Waals surface area contributed by atoms with E-state index in [1.807, 2.05) is 20.0 Å². The number of methoxy groups -OCH3 is 1. The van der Waals surface area contributed by atoms with Crippen molar-refractivity contribution in [1.82, 2.24) is 15.1 Å². The van der Waals surface area contributed by atoms with Gasteiger partial charge in [-0.2, -0.15) is 18.4 Å². The Morgan fingerprint density at radius 1 is 1.12 bits per heavy atom. The number of phenols is 1. The minimum absolute atomic E-state index is 0.0145. The molecule has 1 saturated heterocycles. The van der Waals surface area contributed by atoms with E-state index in [1.165, 1.54) is 32.2 Å². The van der Waals surface area contributed by atoms with Crippen LogP contribution in [0.1, 0.15) is 63.5 Å².